The average Bonchev–Trinajstić information content (AvgIpc) is 3.41. The summed E-state index contributed by atoms with van der Waals surface area (Å²) >= 11 is 0. The zero-order valence-electron chi connectivity index (χ0n) is 25.9. The van der Waals surface area contributed by atoms with Crippen molar-refractivity contribution in [2.24, 2.45) is 7.05 Å². The van der Waals surface area contributed by atoms with E-state index >= 15 is 0 Å². The molecule has 0 radical (unpaired) electrons. The number of carbonyl (C=O) groups excluding carboxylic acids is 1. The Morgan fingerprint density at radius 3 is 2.17 bits per heavy atom. The van der Waals surface area contributed by atoms with Gasteiger partial charge in [-0.05, 0) is 84.2 Å². The normalized spacial score (nSPS) is 12.1. The Morgan fingerprint density at radius 1 is 0.952 bits per heavy atom. The number of esters is 1. The van der Waals surface area contributed by atoms with Crippen molar-refractivity contribution >= 4 is 5.97 Å². The van der Waals surface area contributed by atoms with E-state index in [4.69, 9.17) is 23.3 Å². The second-order valence-electron chi connectivity index (χ2n) is 12.1. The fourth-order valence-electron chi connectivity index (χ4n) is 4.56. The van der Waals surface area contributed by atoms with Gasteiger partial charge in [0.1, 0.15) is 17.1 Å². The third-order valence-electron chi connectivity index (χ3n) is 6.55. The smallest absolute Gasteiger partial charge is 0.436 e. The van der Waals surface area contributed by atoms with Gasteiger partial charge in [0.05, 0.1) is 12.2 Å². The van der Waals surface area contributed by atoms with Crippen molar-refractivity contribution in [1.29, 1.82) is 0 Å². The number of benzene rings is 2. The average molecular weight is 577 g/mol. The Kier molecular flexibility index (Phi) is 8.77. The molecule has 10 heteroatoms. The lowest BCUT2D eigenvalue weighted by atomic mass is 10.0. The molecular weight excluding hydrogens is 536 g/mol. The highest BCUT2D eigenvalue weighted by atomic mass is 16.6. The second-order valence-corrected chi connectivity index (χ2v) is 12.1. The number of ether oxygens (including phenoxy) is 2. The van der Waals surface area contributed by atoms with Crippen LogP contribution in [0.1, 0.15) is 68.7 Å². The second kappa shape index (κ2) is 12.0. The molecule has 10 nitrogen and oxygen atoms in total. The summed E-state index contributed by atoms with van der Waals surface area (Å²) in [7, 11) is 1.55. The van der Waals surface area contributed by atoms with Gasteiger partial charge in [-0.15, -0.1) is 5.10 Å². The number of carbonyl (C=O) groups is 1. The monoisotopic (exact) mass is 576 g/mol. The van der Waals surface area contributed by atoms with E-state index in [1.165, 1.54) is 4.68 Å². The van der Waals surface area contributed by atoms with Crippen LogP contribution < -0.4 is 10.5 Å². The van der Waals surface area contributed by atoms with Crippen LogP contribution in [-0.2, 0) is 36.2 Å². The number of nitrogens with zero attached hydrogens (tertiary/aromatic N) is 4. The molecule has 0 fully saturated rings. The minimum absolute atomic E-state index is 0.283. The lowest BCUT2D eigenvalue weighted by Crippen LogP contribution is -2.43. The van der Waals surface area contributed by atoms with Crippen molar-refractivity contribution in [3.05, 3.63) is 87.1 Å². The lowest BCUT2D eigenvalue weighted by Gasteiger charge is -2.30. The van der Waals surface area contributed by atoms with Crippen molar-refractivity contribution in [1.82, 2.24) is 19.7 Å². The lowest BCUT2D eigenvalue weighted by molar-refractivity contribution is -0.171. The Hall–Kier alpha value is -4.18. The predicted molar refractivity (Wildman–Crippen MR) is 158 cm³/mol. The quantitative estimate of drug-likeness (QED) is 0.221. The van der Waals surface area contributed by atoms with Crippen molar-refractivity contribution in [2.45, 2.75) is 86.2 Å². The van der Waals surface area contributed by atoms with Gasteiger partial charge in [-0.2, -0.15) is 4.68 Å². The summed E-state index contributed by atoms with van der Waals surface area (Å²) in [6.45, 7) is 15.9. The predicted octanol–water partition coefficient (Wildman–Crippen LogP) is 5.66. The van der Waals surface area contributed by atoms with E-state index in [0.29, 0.717) is 36.4 Å². The molecule has 2 heterocycles. The van der Waals surface area contributed by atoms with Crippen LogP contribution in [0.4, 0.5) is 0 Å². The minimum Gasteiger partial charge on any atom is -0.476 e. The molecule has 2 aromatic heterocycles. The number of hydrogen-bond acceptors (Lipinski definition) is 9. The largest absolute Gasteiger partial charge is 0.476 e. The number of aryl methyl sites for hydroxylation is 4. The Morgan fingerprint density at radius 2 is 1.60 bits per heavy atom. The molecule has 0 saturated heterocycles. The van der Waals surface area contributed by atoms with Gasteiger partial charge in [0.2, 0.25) is 11.8 Å². The maximum atomic E-state index is 12.8. The first kappa shape index (κ1) is 30.8. The highest BCUT2D eigenvalue weighted by Gasteiger charge is 2.35. The van der Waals surface area contributed by atoms with Gasteiger partial charge in [0.15, 0.2) is 5.60 Å². The fraction of sp³-hybridized carbons (Fsp3) is 0.438. The van der Waals surface area contributed by atoms with Crippen molar-refractivity contribution < 1.29 is 23.1 Å². The third kappa shape index (κ3) is 7.55. The van der Waals surface area contributed by atoms with Crippen LogP contribution >= 0.6 is 0 Å². The van der Waals surface area contributed by atoms with Gasteiger partial charge in [0, 0.05) is 25.7 Å². The number of aromatic nitrogens is 3. The molecule has 2 aromatic carbocycles. The highest BCUT2D eigenvalue weighted by Crippen LogP contribution is 2.31. The highest BCUT2D eigenvalue weighted by molar-refractivity contribution is 5.79. The number of rotatable bonds is 10. The molecule has 0 amide bonds. The van der Waals surface area contributed by atoms with E-state index in [0.717, 1.165) is 27.9 Å². The SMILES string of the molecule is Cc1cc(CN(Cc2nn(C)c(=O)o2)Cc2nc(-c3ccccc3)oc2C)cc(C)c1OC(C)(C)C(=O)OC(C)(C)C. The first-order valence-corrected chi connectivity index (χ1v) is 13.9. The van der Waals surface area contributed by atoms with Gasteiger partial charge in [-0.3, -0.25) is 4.90 Å². The summed E-state index contributed by atoms with van der Waals surface area (Å²) in [5, 5.41) is 4.23. The molecule has 0 saturated carbocycles. The Labute approximate surface area is 246 Å². The van der Waals surface area contributed by atoms with Crippen LogP contribution in [0, 0.1) is 20.8 Å². The summed E-state index contributed by atoms with van der Waals surface area (Å²) < 4.78 is 24.3. The van der Waals surface area contributed by atoms with Gasteiger partial charge >= 0.3 is 11.7 Å². The molecule has 4 rings (SSSR count). The van der Waals surface area contributed by atoms with E-state index in [9.17, 15) is 9.59 Å². The van der Waals surface area contributed by atoms with Crippen molar-refractivity contribution in [2.75, 3.05) is 0 Å². The fourth-order valence-corrected chi connectivity index (χ4v) is 4.56. The summed E-state index contributed by atoms with van der Waals surface area (Å²) in [4.78, 5) is 31.6. The van der Waals surface area contributed by atoms with Crippen LogP contribution in [0.15, 0.2) is 56.1 Å². The molecule has 4 aromatic rings. The van der Waals surface area contributed by atoms with Crippen molar-refractivity contribution in [3.63, 3.8) is 0 Å². The minimum atomic E-state index is -1.17. The molecule has 0 unspecified atom stereocenters. The Bertz CT molecular complexity index is 1580. The van der Waals surface area contributed by atoms with Gasteiger partial charge in [0.25, 0.3) is 0 Å². The zero-order chi connectivity index (χ0) is 30.8. The first-order valence-electron chi connectivity index (χ1n) is 13.9. The summed E-state index contributed by atoms with van der Waals surface area (Å²) in [6.07, 6.45) is 0. The molecule has 0 N–H and O–H groups in total. The molecule has 0 atom stereocenters. The van der Waals surface area contributed by atoms with Gasteiger partial charge in [-0.1, -0.05) is 30.3 Å². The van der Waals surface area contributed by atoms with Gasteiger partial charge < -0.3 is 18.3 Å². The Balaban J connectivity index is 1.59. The standard InChI is InChI=1S/C32H40N4O6/c1-20-15-23(16-21(2)27(20)41-32(7,8)29(37)42-31(4,5)6)17-36(19-26-34-35(9)30(38)40-26)18-25-22(3)39-28(33-25)24-13-11-10-12-14-24/h10-16H,17-19H2,1-9H3. The third-order valence-corrected chi connectivity index (χ3v) is 6.55. The number of oxazole rings is 1. The molecule has 0 bridgehead atoms. The van der Waals surface area contributed by atoms with E-state index in [1.54, 1.807) is 20.9 Å². The molecule has 0 aliphatic heterocycles. The maximum Gasteiger partial charge on any atom is 0.436 e. The van der Waals surface area contributed by atoms with Crippen LogP contribution in [0.25, 0.3) is 11.5 Å². The van der Waals surface area contributed by atoms with Crippen molar-refractivity contribution in [3.8, 4) is 17.2 Å². The zero-order valence-corrected chi connectivity index (χ0v) is 25.9. The molecule has 42 heavy (non-hydrogen) atoms. The topological polar surface area (TPSA) is 113 Å². The maximum absolute atomic E-state index is 12.8. The number of hydrogen-bond donors (Lipinski definition) is 0. The summed E-state index contributed by atoms with van der Waals surface area (Å²) in [5.74, 6) is 1.25. The van der Waals surface area contributed by atoms with E-state index in [1.807, 2.05) is 84.0 Å². The van der Waals surface area contributed by atoms with Crippen LogP contribution in [-0.4, -0.2) is 36.8 Å². The molecule has 224 valence electrons. The van der Waals surface area contributed by atoms with E-state index in [-0.39, 0.29) is 6.54 Å². The molecule has 0 aliphatic carbocycles. The van der Waals surface area contributed by atoms with E-state index in [2.05, 4.69) is 10.00 Å². The molecular formula is C32H40N4O6. The molecule has 0 aliphatic rings. The van der Waals surface area contributed by atoms with Gasteiger partial charge in [-0.25, -0.2) is 14.6 Å². The van der Waals surface area contributed by atoms with E-state index < -0.39 is 22.9 Å². The van der Waals surface area contributed by atoms with Crippen LogP contribution in [0.3, 0.4) is 0 Å². The summed E-state index contributed by atoms with van der Waals surface area (Å²) in [5.41, 5.74) is 2.66. The summed E-state index contributed by atoms with van der Waals surface area (Å²) in [6, 6.07) is 13.8. The molecule has 0 spiro atoms. The first-order chi connectivity index (χ1) is 19.6. The van der Waals surface area contributed by atoms with Crippen LogP contribution in [0.5, 0.6) is 5.75 Å². The van der Waals surface area contributed by atoms with Crippen LogP contribution in [0.2, 0.25) is 0 Å².